The van der Waals surface area contributed by atoms with Crippen molar-refractivity contribution >= 4 is 29.5 Å². The fourth-order valence-corrected chi connectivity index (χ4v) is 4.70. The van der Waals surface area contributed by atoms with Crippen molar-refractivity contribution in [3.63, 3.8) is 0 Å². The first kappa shape index (κ1) is 33.4. The van der Waals surface area contributed by atoms with Crippen molar-refractivity contribution in [3.05, 3.63) is 42.2 Å². The van der Waals surface area contributed by atoms with Gasteiger partial charge >= 0.3 is 18.2 Å². The third-order valence-corrected chi connectivity index (χ3v) is 6.79. The van der Waals surface area contributed by atoms with Crippen molar-refractivity contribution in [3.8, 4) is 11.5 Å². The highest BCUT2D eigenvalue weighted by molar-refractivity contribution is 6.03. The molecule has 0 aliphatic heterocycles. The van der Waals surface area contributed by atoms with E-state index in [1.807, 2.05) is 0 Å². The number of anilines is 2. The number of oxazole rings is 1. The van der Waals surface area contributed by atoms with E-state index in [0.717, 1.165) is 12.3 Å². The van der Waals surface area contributed by atoms with E-state index < -0.39 is 42.2 Å². The first-order valence-electron chi connectivity index (χ1n) is 14.0. The lowest BCUT2D eigenvalue weighted by Gasteiger charge is -2.27. The summed E-state index contributed by atoms with van der Waals surface area (Å²) < 4.78 is 57.5. The zero-order chi connectivity index (χ0) is 32.9. The van der Waals surface area contributed by atoms with Gasteiger partial charge in [0.1, 0.15) is 29.9 Å². The van der Waals surface area contributed by atoms with E-state index >= 15 is 0 Å². The molecule has 17 heteroatoms. The summed E-state index contributed by atoms with van der Waals surface area (Å²) in [5.41, 5.74) is 5.12. The zero-order valence-corrected chi connectivity index (χ0v) is 24.8. The Bertz CT molecular complexity index is 1510. The molecule has 1 saturated carbocycles. The van der Waals surface area contributed by atoms with Crippen molar-refractivity contribution in [2.75, 3.05) is 23.5 Å². The number of nitrogens with one attached hydrogen (secondary N) is 1. The van der Waals surface area contributed by atoms with Crippen molar-refractivity contribution in [1.82, 2.24) is 19.7 Å². The molecule has 0 aromatic carbocycles. The van der Waals surface area contributed by atoms with E-state index in [1.54, 1.807) is 10.9 Å². The predicted octanol–water partition coefficient (Wildman–Crippen LogP) is 4.74. The maximum atomic E-state index is 13.3. The normalized spacial score (nSPS) is 17.1. The lowest BCUT2D eigenvalue weighted by molar-refractivity contribution is -0.143. The maximum Gasteiger partial charge on any atom is 0.416 e. The van der Waals surface area contributed by atoms with Gasteiger partial charge in [-0.15, -0.1) is 0 Å². The highest BCUT2D eigenvalue weighted by atomic mass is 19.4. The van der Waals surface area contributed by atoms with Crippen LogP contribution in [0.4, 0.5) is 29.5 Å². The first-order chi connectivity index (χ1) is 21.1. The Kier molecular flexibility index (Phi) is 10.1. The summed E-state index contributed by atoms with van der Waals surface area (Å²) in [5, 5.41) is 16.5. The molecule has 0 unspecified atom stereocenters. The average molecular weight is 638 g/mol. The molecule has 3 aromatic rings. The van der Waals surface area contributed by atoms with Gasteiger partial charge in [-0.25, -0.2) is 14.8 Å². The maximum absolute atomic E-state index is 13.3. The molecule has 14 nitrogen and oxygen atoms in total. The number of carboxylic acid groups (broad SMARTS) is 1. The second kappa shape index (κ2) is 13.6. The number of nitrogens with two attached hydrogens (primary N) is 1. The van der Waals surface area contributed by atoms with Crippen molar-refractivity contribution in [1.29, 1.82) is 0 Å². The summed E-state index contributed by atoms with van der Waals surface area (Å²) in [4.78, 5) is 45.5. The number of amides is 2. The Labute approximate surface area is 255 Å². The van der Waals surface area contributed by atoms with Gasteiger partial charge in [0, 0.05) is 18.0 Å². The van der Waals surface area contributed by atoms with E-state index in [9.17, 15) is 32.7 Å². The number of carbonyl (C=O) groups is 3. The number of rotatable bonds is 10. The number of aromatic nitrogens is 4. The Morgan fingerprint density at radius 1 is 1.20 bits per heavy atom. The van der Waals surface area contributed by atoms with Gasteiger partial charge in [-0.2, -0.15) is 18.3 Å². The standard InChI is InChI=1S/C28H34F3N7O7/c1-27(2,3)45-26(42)37(14-28(29,30)31)22-10-17(8-9-33-22)24-35-21(13-44-24)23(39)34-19-11-38(36-20(19)12-43-15-32)18-6-4-16(5-7-18)25(40)41/h8-11,13,16,18H,4-7,12,14-15,32H2,1-3H3,(H,34,39)(H,40,41). The number of hydrogen-bond donors (Lipinski definition) is 3. The fourth-order valence-electron chi connectivity index (χ4n) is 4.70. The molecule has 1 fully saturated rings. The number of halogens is 3. The Hall–Kier alpha value is -4.51. The van der Waals surface area contributed by atoms with E-state index in [0.29, 0.717) is 42.0 Å². The molecule has 2 amide bonds. The van der Waals surface area contributed by atoms with Crippen LogP contribution in [0.1, 0.15) is 68.7 Å². The molecule has 244 valence electrons. The molecule has 0 radical (unpaired) electrons. The lowest BCUT2D eigenvalue weighted by Crippen LogP contribution is -2.42. The molecule has 4 rings (SSSR count). The van der Waals surface area contributed by atoms with Gasteiger partial charge in [0.05, 0.1) is 31.0 Å². The summed E-state index contributed by atoms with van der Waals surface area (Å²) >= 11 is 0. The summed E-state index contributed by atoms with van der Waals surface area (Å²) in [6.07, 6.45) is 0.0618. The Morgan fingerprint density at radius 2 is 1.91 bits per heavy atom. The van der Waals surface area contributed by atoms with Crippen molar-refractivity contribution < 1.29 is 46.6 Å². The van der Waals surface area contributed by atoms with Crippen LogP contribution in [-0.4, -0.2) is 67.9 Å². The minimum absolute atomic E-state index is 0.000480. The third kappa shape index (κ3) is 9.01. The molecule has 4 N–H and O–H groups in total. The van der Waals surface area contributed by atoms with Crippen LogP contribution in [0.15, 0.2) is 35.2 Å². The number of carbonyl (C=O) groups excluding carboxylic acids is 2. The highest BCUT2D eigenvalue weighted by Crippen LogP contribution is 2.33. The second-order valence-electron chi connectivity index (χ2n) is 11.4. The summed E-state index contributed by atoms with van der Waals surface area (Å²) in [6.45, 7) is 2.82. The molecule has 0 atom stereocenters. The molecule has 0 saturated heterocycles. The van der Waals surface area contributed by atoms with E-state index in [4.69, 9.17) is 19.6 Å². The molecule has 3 heterocycles. The van der Waals surface area contributed by atoms with Gasteiger partial charge in [0.2, 0.25) is 5.89 Å². The molecular formula is C28H34F3N7O7. The van der Waals surface area contributed by atoms with E-state index in [1.165, 1.54) is 33.0 Å². The van der Waals surface area contributed by atoms with Gasteiger partial charge in [0.15, 0.2) is 5.69 Å². The monoisotopic (exact) mass is 637 g/mol. The van der Waals surface area contributed by atoms with Gasteiger partial charge in [0.25, 0.3) is 5.91 Å². The second-order valence-corrected chi connectivity index (χ2v) is 11.4. The van der Waals surface area contributed by atoms with Crippen LogP contribution >= 0.6 is 0 Å². The number of ether oxygens (including phenoxy) is 2. The molecule has 0 spiro atoms. The van der Waals surface area contributed by atoms with E-state index in [-0.39, 0.29) is 42.3 Å². The number of alkyl halides is 3. The molecule has 45 heavy (non-hydrogen) atoms. The molecule has 1 aliphatic rings. The van der Waals surface area contributed by atoms with Crippen LogP contribution in [0.3, 0.4) is 0 Å². The number of hydrogen-bond acceptors (Lipinski definition) is 10. The van der Waals surface area contributed by atoms with Crippen LogP contribution in [0, 0.1) is 5.92 Å². The highest BCUT2D eigenvalue weighted by Gasteiger charge is 2.37. The van der Waals surface area contributed by atoms with Gasteiger partial charge < -0.3 is 30.0 Å². The van der Waals surface area contributed by atoms with Crippen LogP contribution in [0.2, 0.25) is 0 Å². The van der Waals surface area contributed by atoms with Crippen LogP contribution in [0.5, 0.6) is 0 Å². The summed E-state index contributed by atoms with van der Waals surface area (Å²) in [6, 6.07) is 2.48. The Balaban J connectivity index is 1.52. The third-order valence-electron chi connectivity index (χ3n) is 6.79. The minimum Gasteiger partial charge on any atom is -0.481 e. The molecular weight excluding hydrogens is 603 g/mol. The Morgan fingerprint density at radius 3 is 2.53 bits per heavy atom. The fraction of sp³-hybridized carbons (Fsp3) is 0.500. The summed E-state index contributed by atoms with van der Waals surface area (Å²) in [7, 11) is 0. The van der Waals surface area contributed by atoms with E-state index in [2.05, 4.69) is 20.4 Å². The number of aliphatic carboxylic acids is 1. The smallest absolute Gasteiger partial charge is 0.416 e. The van der Waals surface area contributed by atoms with Crippen LogP contribution < -0.4 is 16.0 Å². The van der Waals surface area contributed by atoms with Gasteiger partial charge in [-0.1, -0.05) is 0 Å². The minimum atomic E-state index is -4.75. The topological polar surface area (TPSA) is 188 Å². The van der Waals surface area contributed by atoms with Crippen LogP contribution in [0.25, 0.3) is 11.5 Å². The number of pyridine rings is 1. The van der Waals surface area contributed by atoms with Crippen LogP contribution in [-0.2, 0) is 20.9 Å². The summed E-state index contributed by atoms with van der Waals surface area (Å²) in [5.74, 6) is -2.38. The molecule has 3 aromatic heterocycles. The number of nitrogens with zero attached hydrogens (tertiary/aromatic N) is 5. The first-order valence-corrected chi connectivity index (χ1v) is 14.0. The molecule has 0 bridgehead atoms. The predicted molar refractivity (Wildman–Crippen MR) is 152 cm³/mol. The molecule has 1 aliphatic carbocycles. The van der Waals surface area contributed by atoms with Gasteiger partial charge in [-0.3, -0.25) is 19.2 Å². The average Bonchev–Trinajstić information content (AvgIpc) is 3.61. The zero-order valence-electron chi connectivity index (χ0n) is 24.8. The SMILES string of the molecule is CC(C)(C)OC(=O)N(CC(F)(F)F)c1cc(-c2nc(C(=O)Nc3cn(C4CCC(C(=O)O)CC4)nc3COCN)co2)ccn1. The van der Waals surface area contributed by atoms with Crippen molar-refractivity contribution in [2.45, 2.75) is 70.9 Å². The lowest BCUT2D eigenvalue weighted by atomic mass is 9.86. The quantitative estimate of drug-likeness (QED) is 0.261. The van der Waals surface area contributed by atoms with Crippen molar-refractivity contribution in [2.24, 2.45) is 11.7 Å². The van der Waals surface area contributed by atoms with Gasteiger partial charge in [-0.05, 0) is 58.6 Å². The largest absolute Gasteiger partial charge is 0.481 e. The number of carboxylic acids is 1.